The number of thiazole rings is 1. The average Bonchev–Trinajstić information content (AvgIpc) is 3.36. The summed E-state index contributed by atoms with van der Waals surface area (Å²) >= 11 is 1.56. The normalized spacial score (nSPS) is 17.7. The first-order valence-corrected chi connectivity index (χ1v) is 16.3. The molecule has 5 rings (SSSR count). The molecule has 2 aromatic heterocycles. The Hall–Kier alpha value is -2.54. The molecule has 3 aromatic rings. The highest BCUT2D eigenvalue weighted by Crippen LogP contribution is 2.33. The number of ether oxygens (including phenoxy) is 1. The number of piperazine rings is 1. The number of hydrogen-bond acceptors (Lipinski definition) is 10. The van der Waals surface area contributed by atoms with Crippen molar-refractivity contribution in [1.82, 2.24) is 19.3 Å². The standard InChI is InChI=1S/C27H38N6O4S2/c1-2-5-21-19-28-26(29-20-21)32-10-8-23(9-11-32)37-27-30-24-7-6-22(18-25(24)38-27)31-12-14-33(15-13-31)39(35,36)17-4-3-16-34/h6-7,18-20,23,34H,2-5,8-17H2,1H3. The van der Waals surface area contributed by atoms with Gasteiger partial charge < -0.3 is 19.6 Å². The lowest BCUT2D eigenvalue weighted by Crippen LogP contribution is -2.49. The molecule has 10 nitrogen and oxygen atoms in total. The fourth-order valence-corrected chi connectivity index (χ4v) is 7.60. The molecule has 12 heteroatoms. The fraction of sp³-hybridized carbons (Fsp3) is 0.593. The predicted octanol–water partition coefficient (Wildman–Crippen LogP) is 3.31. The smallest absolute Gasteiger partial charge is 0.274 e. The number of nitrogens with zero attached hydrogens (tertiary/aromatic N) is 6. The molecule has 1 N–H and O–H groups in total. The van der Waals surface area contributed by atoms with Crippen LogP contribution in [-0.4, -0.2) is 90.5 Å². The first-order chi connectivity index (χ1) is 18.9. The molecule has 2 aliphatic rings. The number of anilines is 2. The zero-order chi connectivity index (χ0) is 27.2. The van der Waals surface area contributed by atoms with Crippen LogP contribution in [0.5, 0.6) is 5.19 Å². The largest absolute Gasteiger partial charge is 0.467 e. The van der Waals surface area contributed by atoms with Crippen LogP contribution in [0.15, 0.2) is 30.6 Å². The Balaban J connectivity index is 1.13. The van der Waals surface area contributed by atoms with E-state index in [1.54, 1.807) is 15.6 Å². The second-order valence-electron chi connectivity index (χ2n) is 10.2. The number of aliphatic hydroxyl groups is 1. The van der Waals surface area contributed by atoms with E-state index in [1.807, 2.05) is 18.5 Å². The lowest BCUT2D eigenvalue weighted by molar-refractivity contribution is 0.170. The summed E-state index contributed by atoms with van der Waals surface area (Å²) in [5, 5.41) is 9.62. The van der Waals surface area contributed by atoms with Gasteiger partial charge in [0.25, 0.3) is 5.19 Å². The van der Waals surface area contributed by atoms with E-state index in [0.717, 1.165) is 60.6 Å². The van der Waals surface area contributed by atoms with Crippen LogP contribution < -0.4 is 14.5 Å². The molecule has 0 saturated carbocycles. The average molecular weight is 575 g/mol. The molecule has 0 amide bonds. The van der Waals surface area contributed by atoms with Crippen LogP contribution >= 0.6 is 11.3 Å². The Morgan fingerprint density at radius 1 is 1.03 bits per heavy atom. The number of benzene rings is 1. The van der Waals surface area contributed by atoms with Gasteiger partial charge in [-0.25, -0.2) is 23.4 Å². The summed E-state index contributed by atoms with van der Waals surface area (Å²) in [7, 11) is -3.27. The van der Waals surface area contributed by atoms with Gasteiger partial charge in [0.1, 0.15) is 6.10 Å². The van der Waals surface area contributed by atoms with Gasteiger partial charge >= 0.3 is 0 Å². The van der Waals surface area contributed by atoms with E-state index in [1.165, 1.54) is 5.56 Å². The van der Waals surface area contributed by atoms with E-state index < -0.39 is 10.0 Å². The molecule has 0 bridgehead atoms. The van der Waals surface area contributed by atoms with Crippen molar-refractivity contribution in [1.29, 1.82) is 0 Å². The van der Waals surface area contributed by atoms with Crippen LogP contribution in [0.25, 0.3) is 10.2 Å². The molecule has 2 aliphatic heterocycles. The topological polar surface area (TPSA) is 112 Å². The van der Waals surface area contributed by atoms with Gasteiger partial charge in [0.15, 0.2) is 0 Å². The van der Waals surface area contributed by atoms with E-state index in [9.17, 15) is 8.42 Å². The van der Waals surface area contributed by atoms with E-state index in [0.29, 0.717) is 44.2 Å². The van der Waals surface area contributed by atoms with Gasteiger partial charge in [0.05, 0.1) is 16.0 Å². The highest BCUT2D eigenvalue weighted by atomic mass is 32.2. The Kier molecular flexibility index (Phi) is 9.16. The van der Waals surface area contributed by atoms with E-state index in [4.69, 9.17) is 14.8 Å². The van der Waals surface area contributed by atoms with Crippen molar-refractivity contribution < 1.29 is 18.3 Å². The van der Waals surface area contributed by atoms with Crippen LogP contribution in [0.4, 0.5) is 11.6 Å². The molecule has 0 atom stereocenters. The lowest BCUT2D eigenvalue weighted by Gasteiger charge is -2.35. The number of piperidine rings is 1. The predicted molar refractivity (Wildman–Crippen MR) is 155 cm³/mol. The molecular weight excluding hydrogens is 536 g/mol. The molecule has 2 saturated heterocycles. The molecule has 4 heterocycles. The maximum absolute atomic E-state index is 12.6. The number of hydrogen-bond donors (Lipinski definition) is 1. The Morgan fingerprint density at radius 3 is 2.46 bits per heavy atom. The molecule has 212 valence electrons. The van der Waals surface area contributed by atoms with Crippen LogP contribution in [-0.2, 0) is 16.4 Å². The monoisotopic (exact) mass is 574 g/mol. The third kappa shape index (κ3) is 6.97. The first kappa shape index (κ1) is 28.0. The summed E-state index contributed by atoms with van der Waals surface area (Å²) < 4.78 is 34.1. The number of aromatic nitrogens is 3. The Morgan fingerprint density at radius 2 is 1.77 bits per heavy atom. The van der Waals surface area contributed by atoms with Crippen molar-refractivity contribution in [2.45, 2.75) is 51.6 Å². The Bertz CT molecular complexity index is 1320. The summed E-state index contributed by atoms with van der Waals surface area (Å²) in [6, 6.07) is 6.21. The number of fused-ring (bicyclic) bond motifs is 1. The number of aryl methyl sites for hydroxylation is 1. The summed E-state index contributed by atoms with van der Waals surface area (Å²) in [6.45, 7) is 6.15. The van der Waals surface area contributed by atoms with Gasteiger partial charge in [-0.1, -0.05) is 24.7 Å². The minimum Gasteiger partial charge on any atom is -0.467 e. The van der Waals surface area contributed by atoms with E-state index in [2.05, 4.69) is 38.8 Å². The minimum atomic E-state index is -3.27. The second kappa shape index (κ2) is 12.8. The third-order valence-electron chi connectivity index (χ3n) is 7.38. The summed E-state index contributed by atoms with van der Waals surface area (Å²) in [5.41, 5.74) is 3.18. The van der Waals surface area contributed by atoms with Crippen LogP contribution in [0.3, 0.4) is 0 Å². The molecule has 0 radical (unpaired) electrons. The molecular formula is C27H38N6O4S2. The second-order valence-corrected chi connectivity index (χ2v) is 13.3. The maximum atomic E-state index is 12.6. The first-order valence-electron chi connectivity index (χ1n) is 13.9. The fourth-order valence-electron chi connectivity index (χ4n) is 5.13. The van der Waals surface area contributed by atoms with Crippen LogP contribution in [0, 0.1) is 0 Å². The molecule has 0 unspecified atom stereocenters. The zero-order valence-corrected chi connectivity index (χ0v) is 24.2. The Labute approximate surface area is 234 Å². The highest BCUT2D eigenvalue weighted by Gasteiger charge is 2.27. The SMILES string of the molecule is CCCc1cnc(N2CCC(Oc3nc4ccc(N5CCN(S(=O)(=O)CCCCO)CC5)cc4s3)CC2)nc1. The quantitative estimate of drug-likeness (QED) is 0.345. The van der Waals surface area contributed by atoms with Gasteiger partial charge in [-0.3, -0.25) is 0 Å². The van der Waals surface area contributed by atoms with Crippen LogP contribution in [0.1, 0.15) is 44.6 Å². The van der Waals surface area contributed by atoms with E-state index in [-0.39, 0.29) is 18.5 Å². The summed E-state index contributed by atoms with van der Waals surface area (Å²) in [4.78, 5) is 18.3. The van der Waals surface area contributed by atoms with Crippen molar-refractivity contribution in [3.63, 3.8) is 0 Å². The lowest BCUT2D eigenvalue weighted by atomic mass is 10.1. The van der Waals surface area contributed by atoms with Gasteiger partial charge in [0, 0.05) is 76.8 Å². The highest BCUT2D eigenvalue weighted by molar-refractivity contribution is 7.89. The molecule has 2 fully saturated rings. The number of unbranched alkanes of at least 4 members (excludes halogenated alkanes) is 1. The van der Waals surface area contributed by atoms with Crippen molar-refractivity contribution in [3.8, 4) is 5.19 Å². The van der Waals surface area contributed by atoms with Crippen molar-refractivity contribution in [2.75, 3.05) is 61.4 Å². The summed E-state index contributed by atoms with van der Waals surface area (Å²) in [6.07, 6.45) is 8.89. The third-order valence-corrected chi connectivity index (χ3v) is 10.2. The van der Waals surface area contributed by atoms with Gasteiger partial charge in [-0.2, -0.15) is 4.31 Å². The van der Waals surface area contributed by atoms with Crippen molar-refractivity contribution in [2.24, 2.45) is 0 Å². The van der Waals surface area contributed by atoms with Crippen molar-refractivity contribution in [3.05, 3.63) is 36.2 Å². The molecule has 1 aromatic carbocycles. The van der Waals surface area contributed by atoms with Gasteiger partial charge in [-0.15, -0.1) is 0 Å². The minimum absolute atomic E-state index is 0.0267. The van der Waals surface area contributed by atoms with Gasteiger partial charge in [0.2, 0.25) is 16.0 Å². The maximum Gasteiger partial charge on any atom is 0.274 e. The van der Waals surface area contributed by atoms with E-state index >= 15 is 0 Å². The van der Waals surface area contributed by atoms with Crippen LogP contribution in [0.2, 0.25) is 0 Å². The van der Waals surface area contributed by atoms with Crippen molar-refractivity contribution >= 4 is 43.2 Å². The number of rotatable bonds is 11. The number of sulfonamides is 1. The molecule has 0 spiro atoms. The number of aliphatic hydroxyl groups excluding tert-OH is 1. The molecule has 39 heavy (non-hydrogen) atoms. The van der Waals surface area contributed by atoms with Gasteiger partial charge in [-0.05, 0) is 43.0 Å². The molecule has 0 aliphatic carbocycles. The summed E-state index contributed by atoms with van der Waals surface area (Å²) in [5.74, 6) is 0.892. The zero-order valence-electron chi connectivity index (χ0n) is 22.5.